The number of rotatable bonds is 8. The Bertz CT molecular complexity index is 1280. The lowest BCUT2D eigenvalue weighted by Crippen LogP contribution is -2.60. The molecule has 0 bridgehead atoms. The maximum Gasteiger partial charge on any atom is 0.328 e. The van der Waals surface area contributed by atoms with Crippen molar-refractivity contribution in [2.45, 2.75) is 64.9 Å². The van der Waals surface area contributed by atoms with E-state index in [0.717, 1.165) is 38.4 Å². The minimum Gasteiger partial charge on any atom is -0.463 e. The van der Waals surface area contributed by atoms with Crippen LogP contribution in [0.5, 0.6) is 0 Å². The molecule has 0 amide bonds. The number of carbonyl (C=O) groups is 4. The Kier molecular flexibility index (Phi) is 8.54. The van der Waals surface area contributed by atoms with E-state index in [1.54, 1.807) is 0 Å². The molecule has 16 nitrogen and oxygen atoms in total. The molecular formula is C21H25N5O11. The van der Waals surface area contributed by atoms with Crippen LogP contribution in [0.1, 0.15) is 39.6 Å². The van der Waals surface area contributed by atoms with Gasteiger partial charge in [0.05, 0.1) is 12.7 Å². The van der Waals surface area contributed by atoms with Crippen molar-refractivity contribution >= 4 is 23.9 Å². The zero-order valence-corrected chi connectivity index (χ0v) is 20.3. The predicted octanol–water partition coefficient (Wildman–Crippen LogP) is -1.57. The summed E-state index contributed by atoms with van der Waals surface area (Å²) >= 11 is 0. The molecule has 0 saturated carbocycles. The number of nitrogens with one attached hydrogen (secondary N) is 1. The fraction of sp³-hybridized carbons (Fsp3) is 0.524. The maximum absolute atomic E-state index is 12.0. The second-order valence-electron chi connectivity index (χ2n) is 8.02. The van der Waals surface area contributed by atoms with E-state index < -0.39 is 72.4 Å². The van der Waals surface area contributed by atoms with Crippen molar-refractivity contribution < 1.29 is 42.9 Å². The van der Waals surface area contributed by atoms with E-state index in [0.29, 0.717) is 0 Å². The summed E-state index contributed by atoms with van der Waals surface area (Å²) in [7, 11) is 0. The van der Waals surface area contributed by atoms with E-state index in [1.807, 2.05) is 0 Å². The highest BCUT2D eigenvalue weighted by Crippen LogP contribution is 2.34. The predicted molar refractivity (Wildman–Crippen MR) is 118 cm³/mol. The topological polar surface area (TPSA) is 200 Å². The van der Waals surface area contributed by atoms with Crippen LogP contribution in [0.25, 0.3) is 0 Å². The van der Waals surface area contributed by atoms with Crippen molar-refractivity contribution in [2.24, 2.45) is 0 Å². The van der Waals surface area contributed by atoms with Gasteiger partial charge < -0.3 is 23.7 Å². The second kappa shape index (κ2) is 11.6. The highest BCUT2D eigenvalue weighted by Gasteiger charge is 2.53. The van der Waals surface area contributed by atoms with E-state index in [4.69, 9.17) is 23.7 Å². The van der Waals surface area contributed by atoms with Gasteiger partial charge in [-0.2, -0.15) is 0 Å². The molecule has 0 spiro atoms. The lowest BCUT2D eigenvalue weighted by Gasteiger charge is -2.44. The Labute approximate surface area is 208 Å². The molecule has 3 rings (SSSR count). The van der Waals surface area contributed by atoms with E-state index >= 15 is 0 Å². The first kappa shape index (κ1) is 27.3. The molecule has 3 heterocycles. The van der Waals surface area contributed by atoms with Gasteiger partial charge in [0.25, 0.3) is 5.56 Å². The summed E-state index contributed by atoms with van der Waals surface area (Å²) < 4.78 is 29.4. The number of carbonyl (C=O) groups excluding carboxylic acids is 4. The van der Waals surface area contributed by atoms with Crippen LogP contribution in [-0.4, -0.2) is 79.4 Å². The monoisotopic (exact) mass is 523 g/mol. The molecule has 2 aromatic rings. The third kappa shape index (κ3) is 7.09. The molecule has 1 N–H and O–H groups in total. The third-order valence-electron chi connectivity index (χ3n) is 5.01. The second-order valence-corrected chi connectivity index (χ2v) is 8.02. The summed E-state index contributed by atoms with van der Waals surface area (Å²) in [5.74, 6) is -2.95. The van der Waals surface area contributed by atoms with Crippen molar-refractivity contribution in [1.82, 2.24) is 24.5 Å². The Morgan fingerprint density at radius 3 is 2.16 bits per heavy atom. The first-order chi connectivity index (χ1) is 17.4. The quantitative estimate of drug-likeness (QED) is 0.308. The molecule has 37 heavy (non-hydrogen) atoms. The lowest BCUT2D eigenvalue weighted by molar-refractivity contribution is -0.270. The van der Waals surface area contributed by atoms with Gasteiger partial charge in [0.2, 0.25) is 0 Å². The van der Waals surface area contributed by atoms with Gasteiger partial charge in [0.15, 0.2) is 24.5 Å². The van der Waals surface area contributed by atoms with Gasteiger partial charge in [-0.15, -0.1) is 5.10 Å². The SMILES string of the molecule is CC(=O)OC[C@H]1O[C@@H](n2cc(Cn3ccc(=O)[nH]c3=O)nn2)[C@H](OC(C)=O)[C@@H](OC(C)=O)[C@H]1OC(C)=O. The van der Waals surface area contributed by atoms with Crippen LogP contribution in [0.15, 0.2) is 28.0 Å². The van der Waals surface area contributed by atoms with Gasteiger partial charge in [0, 0.05) is 40.0 Å². The Morgan fingerprint density at radius 1 is 0.946 bits per heavy atom. The molecular weight excluding hydrogens is 498 g/mol. The van der Waals surface area contributed by atoms with Crippen LogP contribution in [0.2, 0.25) is 0 Å². The lowest BCUT2D eigenvalue weighted by atomic mass is 9.97. The van der Waals surface area contributed by atoms with Gasteiger partial charge in [-0.3, -0.25) is 33.5 Å². The molecule has 2 aromatic heterocycles. The zero-order chi connectivity index (χ0) is 27.3. The Morgan fingerprint density at radius 2 is 1.57 bits per heavy atom. The molecule has 1 aliphatic rings. The van der Waals surface area contributed by atoms with E-state index in [-0.39, 0.29) is 12.2 Å². The highest BCUT2D eigenvalue weighted by atomic mass is 16.7. The van der Waals surface area contributed by atoms with Gasteiger partial charge in [-0.25, -0.2) is 9.48 Å². The largest absolute Gasteiger partial charge is 0.463 e. The molecule has 1 aliphatic heterocycles. The van der Waals surface area contributed by atoms with Gasteiger partial charge in [-0.1, -0.05) is 5.21 Å². The number of aromatic nitrogens is 5. The average Bonchev–Trinajstić information content (AvgIpc) is 3.24. The van der Waals surface area contributed by atoms with Crippen LogP contribution < -0.4 is 11.2 Å². The molecule has 5 atom stereocenters. The number of H-pyrrole nitrogens is 1. The summed E-state index contributed by atoms with van der Waals surface area (Å²) in [6, 6.07) is 1.16. The van der Waals surface area contributed by atoms with Crippen LogP contribution >= 0.6 is 0 Å². The van der Waals surface area contributed by atoms with Gasteiger partial charge in [-0.05, 0) is 0 Å². The molecule has 16 heteroatoms. The molecule has 0 aromatic carbocycles. The van der Waals surface area contributed by atoms with Gasteiger partial charge >= 0.3 is 29.6 Å². The number of hydrogen-bond donors (Lipinski definition) is 1. The fourth-order valence-corrected chi connectivity index (χ4v) is 3.67. The standard InChI is InChI=1S/C21H25N5O11/c1-10(27)33-9-15-17(34-11(2)28)18(35-12(3)29)19(36-13(4)30)20(37-15)26-8-14(23-24-26)7-25-6-5-16(31)22-21(25)32/h5-6,8,15,17-20H,7,9H2,1-4H3,(H,22,31,32)/t15-,17+,18+,19-,20-/m1/s1. The third-order valence-corrected chi connectivity index (χ3v) is 5.01. The first-order valence-corrected chi connectivity index (χ1v) is 11.0. The molecule has 200 valence electrons. The Balaban J connectivity index is 2.00. The first-order valence-electron chi connectivity index (χ1n) is 11.0. The van der Waals surface area contributed by atoms with Crippen molar-refractivity contribution in [2.75, 3.05) is 6.61 Å². The van der Waals surface area contributed by atoms with Crippen LogP contribution in [0.4, 0.5) is 0 Å². The highest BCUT2D eigenvalue weighted by molar-refractivity contribution is 5.68. The number of esters is 4. The van der Waals surface area contributed by atoms with Crippen molar-refractivity contribution in [1.29, 1.82) is 0 Å². The van der Waals surface area contributed by atoms with Crippen LogP contribution in [-0.2, 0) is 49.4 Å². The van der Waals surface area contributed by atoms with Crippen LogP contribution in [0.3, 0.4) is 0 Å². The molecule has 0 unspecified atom stereocenters. The number of aromatic amines is 1. The van der Waals surface area contributed by atoms with E-state index in [9.17, 15) is 28.8 Å². The average molecular weight is 523 g/mol. The smallest absolute Gasteiger partial charge is 0.328 e. The zero-order valence-electron chi connectivity index (χ0n) is 20.3. The molecule has 0 aliphatic carbocycles. The molecule has 1 fully saturated rings. The minimum absolute atomic E-state index is 0.0825. The summed E-state index contributed by atoms with van der Waals surface area (Å²) in [5.41, 5.74) is -0.987. The number of ether oxygens (including phenoxy) is 5. The summed E-state index contributed by atoms with van der Waals surface area (Å²) in [6.45, 7) is 4.02. The van der Waals surface area contributed by atoms with Crippen molar-refractivity contribution in [3.8, 4) is 0 Å². The van der Waals surface area contributed by atoms with E-state index in [1.165, 1.54) is 17.0 Å². The van der Waals surface area contributed by atoms with E-state index in [2.05, 4.69) is 15.3 Å². The fourth-order valence-electron chi connectivity index (χ4n) is 3.67. The van der Waals surface area contributed by atoms with Crippen molar-refractivity contribution in [3.63, 3.8) is 0 Å². The summed E-state index contributed by atoms with van der Waals surface area (Å²) in [4.78, 5) is 72.6. The molecule has 1 saturated heterocycles. The normalized spacial score (nSPS) is 23.1. The minimum atomic E-state index is -1.38. The number of nitrogens with zero attached hydrogens (tertiary/aromatic N) is 4. The Hall–Kier alpha value is -4.34. The maximum atomic E-state index is 12.0. The van der Waals surface area contributed by atoms with Crippen LogP contribution in [0, 0.1) is 0 Å². The van der Waals surface area contributed by atoms with Gasteiger partial charge in [0.1, 0.15) is 18.4 Å². The number of hydrogen-bond acceptors (Lipinski definition) is 13. The summed E-state index contributed by atoms with van der Waals surface area (Å²) in [5, 5.41) is 7.96. The molecule has 0 radical (unpaired) electrons. The van der Waals surface area contributed by atoms with Crippen molar-refractivity contribution in [3.05, 3.63) is 45.0 Å². The summed E-state index contributed by atoms with van der Waals surface area (Å²) in [6.07, 6.45) is -3.86.